The number of nitrogens with zero attached hydrogens (tertiary/aromatic N) is 4. The maximum absolute atomic E-state index is 6.84. The van der Waals surface area contributed by atoms with Crippen LogP contribution in [0, 0.1) is 7.14 Å². The molecule has 5 heterocycles. The molecule has 0 saturated heterocycles. The van der Waals surface area contributed by atoms with Gasteiger partial charge in [-0.1, -0.05) is 30.3 Å². The Hall–Kier alpha value is -5.04. The third-order valence-electron chi connectivity index (χ3n) is 10.9. The predicted molar refractivity (Wildman–Crippen MR) is 235 cm³/mol. The number of benzene rings is 6. The van der Waals surface area contributed by atoms with Crippen molar-refractivity contribution in [2.75, 3.05) is 8.86 Å². The SMILES string of the molecule is CCC[I-]c1cccc([I-]CCC)c1-c1cnc2c3cc(Oc4ccc5c6ccc7sc8ccccc8c7c6n(-c6ccccn6)c5c4)ccc3c3ccccc3n12. The van der Waals surface area contributed by atoms with Crippen molar-refractivity contribution in [2.45, 2.75) is 26.7 Å². The molecular formula is C50H38I2N4OS-2. The van der Waals surface area contributed by atoms with E-state index in [4.69, 9.17) is 14.7 Å². The van der Waals surface area contributed by atoms with Gasteiger partial charge in [0.25, 0.3) is 0 Å². The molecule has 5 nitrogen and oxygen atoms in total. The minimum atomic E-state index is -0.106. The molecule has 0 fully saturated rings. The van der Waals surface area contributed by atoms with Gasteiger partial charge in [0.15, 0.2) is 0 Å². The third-order valence-corrected chi connectivity index (χ3v) is 18.7. The van der Waals surface area contributed by atoms with Crippen LogP contribution in [0.2, 0.25) is 0 Å². The quantitative estimate of drug-likeness (QED) is 0.0822. The van der Waals surface area contributed by atoms with Crippen LogP contribution in [0.1, 0.15) is 26.7 Å². The van der Waals surface area contributed by atoms with Crippen LogP contribution in [0.25, 0.3) is 86.4 Å². The van der Waals surface area contributed by atoms with Crippen LogP contribution in [-0.2, 0) is 0 Å². The standard InChI is InChI=1S/C50H38I2N4OS/c1-3-25-51-39-14-11-15-40(52-26-4-2)48(39)43-30-54-50-38-28-31(19-21-33(38)34-12-5-7-16-41(34)55(43)50)57-32-20-22-35-36-23-24-45-47(37-13-6-8-17-44(37)58-45)49(36)56(42(35)29-32)46-18-9-10-27-53-46/h5-24,27-30H,3-4,25-26H2,1-2H3/q-2. The topological polar surface area (TPSA) is 44.3 Å². The molecule has 0 spiro atoms. The second-order valence-electron chi connectivity index (χ2n) is 14.5. The van der Waals surface area contributed by atoms with Crippen molar-refractivity contribution >= 4 is 80.6 Å². The Morgan fingerprint density at radius 1 is 0.586 bits per heavy atom. The van der Waals surface area contributed by atoms with Crippen LogP contribution >= 0.6 is 11.3 Å². The summed E-state index contributed by atoms with van der Waals surface area (Å²) in [5.41, 5.74) is 7.06. The van der Waals surface area contributed by atoms with Gasteiger partial charge >= 0.3 is 240 Å². The van der Waals surface area contributed by atoms with Gasteiger partial charge in [0.1, 0.15) is 5.82 Å². The van der Waals surface area contributed by atoms with E-state index in [0.29, 0.717) is 0 Å². The molecule has 0 aliphatic carbocycles. The van der Waals surface area contributed by atoms with Crippen LogP contribution in [0.15, 0.2) is 146 Å². The van der Waals surface area contributed by atoms with Crippen molar-refractivity contribution in [1.82, 2.24) is 18.9 Å². The maximum atomic E-state index is 6.84. The Balaban J connectivity index is 1.09. The fraction of sp³-hybridized carbons (Fsp3) is 0.120. The van der Waals surface area contributed by atoms with Crippen molar-refractivity contribution in [1.29, 1.82) is 0 Å². The number of alkyl halides is 2. The van der Waals surface area contributed by atoms with Gasteiger partial charge in [0, 0.05) is 37.1 Å². The second kappa shape index (κ2) is 15.0. The average molecular weight is 997 g/mol. The molecule has 0 saturated carbocycles. The van der Waals surface area contributed by atoms with Gasteiger partial charge in [-0.15, -0.1) is 11.3 Å². The molecule has 6 aromatic carbocycles. The zero-order chi connectivity index (χ0) is 38.7. The number of para-hydroxylation sites is 1. The fourth-order valence-electron chi connectivity index (χ4n) is 8.44. The molecule has 11 rings (SSSR count). The zero-order valence-corrected chi connectivity index (χ0v) is 37.2. The average Bonchev–Trinajstić information content (AvgIpc) is 3.97. The molecule has 0 radical (unpaired) electrons. The normalized spacial score (nSPS) is 12.2. The fourth-order valence-corrected chi connectivity index (χ4v) is 15.1. The number of imidazole rings is 1. The Kier molecular flexibility index (Phi) is 9.31. The van der Waals surface area contributed by atoms with Crippen molar-refractivity contribution in [2.24, 2.45) is 0 Å². The number of thiophene rings is 1. The molecule has 11 aromatic rings. The number of aromatic nitrogens is 4. The Bertz CT molecular complexity index is 3340. The summed E-state index contributed by atoms with van der Waals surface area (Å²) in [6.07, 6.45) is 6.45. The number of hydrogen-bond donors (Lipinski definition) is 0. The van der Waals surface area contributed by atoms with Gasteiger partial charge in [-0.3, -0.25) is 4.57 Å². The molecule has 5 aromatic heterocycles. The van der Waals surface area contributed by atoms with Gasteiger partial charge in [-0.25, -0.2) is 4.98 Å². The van der Waals surface area contributed by atoms with Gasteiger partial charge < -0.3 is 0 Å². The first-order valence-corrected chi connectivity index (χ1v) is 25.8. The number of pyridine rings is 2. The number of ether oxygens (including phenoxy) is 1. The predicted octanol–water partition coefficient (Wildman–Crippen LogP) is 7.30. The summed E-state index contributed by atoms with van der Waals surface area (Å²) in [4.78, 5) is 10.1. The first-order chi connectivity index (χ1) is 28.7. The molecule has 0 bridgehead atoms. The Morgan fingerprint density at radius 3 is 2.09 bits per heavy atom. The number of fused-ring (bicyclic) bond motifs is 13. The van der Waals surface area contributed by atoms with Crippen molar-refractivity contribution in [3.05, 3.63) is 153 Å². The van der Waals surface area contributed by atoms with Crippen LogP contribution < -0.4 is 47.1 Å². The van der Waals surface area contributed by atoms with E-state index in [0.717, 1.165) is 33.9 Å². The molecule has 0 aliphatic heterocycles. The molecule has 58 heavy (non-hydrogen) atoms. The summed E-state index contributed by atoms with van der Waals surface area (Å²) in [7, 11) is 0. The first kappa shape index (κ1) is 36.1. The number of hydrogen-bond acceptors (Lipinski definition) is 4. The van der Waals surface area contributed by atoms with Crippen LogP contribution in [0.3, 0.4) is 0 Å². The third kappa shape index (κ3) is 5.89. The molecule has 8 heteroatoms. The Morgan fingerprint density at radius 2 is 1.29 bits per heavy atom. The molecular weight excluding hydrogens is 958 g/mol. The van der Waals surface area contributed by atoms with E-state index in [1.807, 2.05) is 23.6 Å². The molecule has 0 atom stereocenters. The van der Waals surface area contributed by atoms with E-state index in [1.165, 1.54) is 85.7 Å². The molecule has 286 valence electrons. The zero-order valence-electron chi connectivity index (χ0n) is 32.0. The molecule has 0 aliphatic rings. The van der Waals surface area contributed by atoms with Crippen molar-refractivity contribution in [3.63, 3.8) is 0 Å². The summed E-state index contributed by atoms with van der Waals surface area (Å²) in [5.74, 6) is 2.44. The van der Waals surface area contributed by atoms with E-state index < -0.39 is 0 Å². The molecule has 0 N–H and O–H groups in total. The van der Waals surface area contributed by atoms with Gasteiger partial charge in [-0.2, -0.15) is 0 Å². The summed E-state index contributed by atoms with van der Waals surface area (Å²) in [5, 5.41) is 8.39. The van der Waals surface area contributed by atoms with Crippen LogP contribution in [0.4, 0.5) is 0 Å². The summed E-state index contributed by atoms with van der Waals surface area (Å²) >= 11 is 1.63. The summed E-state index contributed by atoms with van der Waals surface area (Å²) in [6.45, 7) is 4.62. The van der Waals surface area contributed by atoms with E-state index in [9.17, 15) is 0 Å². The van der Waals surface area contributed by atoms with Gasteiger partial charge in [-0.05, 0) is 24.3 Å². The van der Waals surface area contributed by atoms with Crippen molar-refractivity contribution < 1.29 is 47.1 Å². The van der Waals surface area contributed by atoms with Gasteiger partial charge in [0.05, 0.1) is 5.52 Å². The first-order valence-electron chi connectivity index (χ1n) is 19.8. The second-order valence-corrected chi connectivity index (χ2v) is 21.6. The van der Waals surface area contributed by atoms with E-state index >= 15 is 0 Å². The minimum absolute atomic E-state index is 0.106. The molecule has 0 amide bonds. The number of halogens is 2. The van der Waals surface area contributed by atoms with E-state index in [-0.39, 0.29) is 42.4 Å². The Labute approximate surface area is 360 Å². The van der Waals surface area contributed by atoms with Gasteiger partial charge in [0.2, 0.25) is 0 Å². The monoisotopic (exact) mass is 996 g/mol. The van der Waals surface area contributed by atoms with E-state index in [1.54, 1.807) is 7.14 Å². The summed E-state index contributed by atoms with van der Waals surface area (Å²) < 4.78 is 19.8. The number of rotatable bonds is 10. The molecule has 0 unspecified atom stereocenters. The van der Waals surface area contributed by atoms with Crippen LogP contribution in [0.5, 0.6) is 11.5 Å². The van der Waals surface area contributed by atoms with E-state index in [2.05, 4.69) is 156 Å². The summed E-state index contributed by atoms with van der Waals surface area (Å²) in [6, 6.07) is 48.3. The van der Waals surface area contributed by atoms with Crippen molar-refractivity contribution in [3.8, 4) is 28.6 Å². The van der Waals surface area contributed by atoms with Crippen LogP contribution in [-0.4, -0.2) is 27.8 Å².